The summed E-state index contributed by atoms with van der Waals surface area (Å²) in [6, 6.07) is 14.9. The number of anilines is 1. The predicted molar refractivity (Wildman–Crippen MR) is 139 cm³/mol. The molecule has 0 saturated heterocycles. The van der Waals surface area contributed by atoms with Crippen molar-refractivity contribution >= 4 is 63.5 Å². The fourth-order valence-corrected chi connectivity index (χ4v) is 5.89. The Morgan fingerprint density at radius 1 is 1.08 bits per heavy atom. The van der Waals surface area contributed by atoms with Gasteiger partial charge in [-0.05, 0) is 55.0 Å². The van der Waals surface area contributed by atoms with E-state index in [2.05, 4.69) is 20.3 Å². The van der Waals surface area contributed by atoms with Gasteiger partial charge >= 0.3 is 5.97 Å². The molecule has 0 aliphatic rings. The largest absolute Gasteiger partial charge is 0.481 e. The molecule has 1 unspecified atom stereocenters. The Morgan fingerprint density at radius 3 is 2.53 bits per heavy atom. The summed E-state index contributed by atoms with van der Waals surface area (Å²) in [6.07, 6.45) is 1.97. The number of halogens is 2. The van der Waals surface area contributed by atoms with Crippen LogP contribution in [0.15, 0.2) is 80.6 Å². The molecule has 1 atom stereocenters. The number of rotatable bonds is 9. The molecule has 184 valence electrons. The lowest BCUT2D eigenvalue weighted by atomic mass is 10.0. The van der Waals surface area contributed by atoms with Gasteiger partial charge in [0, 0.05) is 16.0 Å². The summed E-state index contributed by atoms with van der Waals surface area (Å²) in [7, 11) is 0. The molecule has 0 aliphatic carbocycles. The number of hydrogen-bond acceptors (Lipinski definition) is 8. The molecule has 3 aromatic heterocycles. The van der Waals surface area contributed by atoms with Crippen LogP contribution in [0.1, 0.15) is 35.4 Å². The molecule has 2 N–H and O–H groups in total. The third kappa shape index (κ3) is 6.41. The van der Waals surface area contributed by atoms with Crippen LogP contribution in [0.4, 0.5) is 9.52 Å². The van der Waals surface area contributed by atoms with Gasteiger partial charge in [-0.1, -0.05) is 59.5 Å². The van der Waals surface area contributed by atoms with Crippen molar-refractivity contribution in [2.45, 2.75) is 39.1 Å². The summed E-state index contributed by atoms with van der Waals surface area (Å²) in [6.45, 7) is 1.72. The van der Waals surface area contributed by atoms with Gasteiger partial charge in [0.25, 0.3) is 5.91 Å². The highest BCUT2D eigenvalue weighted by atomic mass is 35.5. The highest BCUT2D eigenvalue weighted by Crippen LogP contribution is 2.36. The maximum atomic E-state index is 13.4. The van der Waals surface area contributed by atoms with E-state index in [1.165, 1.54) is 35.7 Å². The van der Waals surface area contributed by atoms with Crippen LogP contribution in [0.25, 0.3) is 0 Å². The molecule has 1 amide bonds. The first-order valence-corrected chi connectivity index (χ1v) is 13.4. The van der Waals surface area contributed by atoms with E-state index in [4.69, 9.17) is 11.6 Å². The maximum Gasteiger partial charge on any atom is 0.312 e. The van der Waals surface area contributed by atoms with Gasteiger partial charge in [-0.3, -0.25) is 14.9 Å². The smallest absolute Gasteiger partial charge is 0.312 e. The molecule has 36 heavy (non-hydrogen) atoms. The third-order valence-corrected chi connectivity index (χ3v) is 7.95. The van der Waals surface area contributed by atoms with E-state index < -0.39 is 17.8 Å². The minimum absolute atomic E-state index is 0.128. The number of carboxylic acid groups (broad SMARTS) is 1. The molecule has 4 aromatic rings. The molecule has 12 heteroatoms. The Labute approximate surface area is 223 Å². The number of aliphatic carboxylic acids is 1. The molecule has 0 spiro atoms. The highest BCUT2D eigenvalue weighted by Gasteiger charge is 2.26. The van der Waals surface area contributed by atoms with Gasteiger partial charge in [-0.2, -0.15) is 0 Å². The molecule has 3 heterocycles. The number of aromatic nitrogens is 3. The van der Waals surface area contributed by atoms with Crippen LogP contribution in [0, 0.1) is 5.82 Å². The van der Waals surface area contributed by atoms with Crippen molar-refractivity contribution in [2.75, 3.05) is 5.32 Å². The van der Waals surface area contributed by atoms with Crippen LogP contribution in [0.3, 0.4) is 0 Å². The minimum atomic E-state index is -1.04. The number of thiazole rings is 1. The zero-order valence-electron chi connectivity index (χ0n) is 18.6. The van der Waals surface area contributed by atoms with Crippen molar-refractivity contribution in [2.24, 2.45) is 0 Å². The number of carboxylic acids is 1. The second-order valence-electron chi connectivity index (χ2n) is 7.25. The first-order valence-electron chi connectivity index (χ1n) is 10.6. The van der Waals surface area contributed by atoms with Crippen LogP contribution < -0.4 is 5.32 Å². The second-order valence-corrected chi connectivity index (χ2v) is 11.0. The first-order chi connectivity index (χ1) is 17.3. The second kappa shape index (κ2) is 11.8. The van der Waals surface area contributed by atoms with Crippen molar-refractivity contribution in [1.29, 1.82) is 0 Å². The topological polar surface area (TPSA) is 105 Å². The van der Waals surface area contributed by atoms with Crippen molar-refractivity contribution in [1.82, 2.24) is 15.0 Å². The van der Waals surface area contributed by atoms with E-state index in [0.717, 1.165) is 16.2 Å². The SMILES string of the molecule is CCC(C(=O)O)c1nc(NC(=O)c2nc(Sc3ccccn3)ccc2Sc2ccc(F)cc2)sc1Cl. The van der Waals surface area contributed by atoms with Gasteiger partial charge in [0.15, 0.2) is 5.13 Å². The average molecular weight is 561 g/mol. The molecule has 0 radical (unpaired) electrons. The molecule has 0 bridgehead atoms. The summed E-state index contributed by atoms with van der Waals surface area (Å²) in [5.74, 6) is -2.81. The van der Waals surface area contributed by atoms with Gasteiger partial charge in [0.1, 0.15) is 31.8 Å². The third-order valence-electron chi connectivity index (χ3n) is 4.80. The Kier molecular flexibility index (Phi) is 8.57. The van der Waals surface area contributed by atoms with E-state index >= 15 is 0 Å². The Bertz CT molecular complexity index is 1390. The Balaban J connectivity index is 1.64. The summed E-state index contributed by atoms with van der Waals surface area (Å²) >= 11 is 9.78. The van der Waals surface area contributed by atoms with Gasteiger partial charge in [-0.15, -0.1) is 0 Å². The molecule has 7 nitrogen and oxygen atoms in total. The van der Waals surface area contributed by atoms with Gasteiger partial charge < -0.3 is 5.11 Å². The summed E-state index contributed by atoms with van der Waals surface area (Å²) in [5, 5.41) is 13.6. The summed E-state index contributed by atoms with van der Waals surface area (Å²) in [5.41, 5.74) is 0.337. The molecule has 4 rings (SSSR count). The van der Waals surface area contributed by atoms with Gasteiger partial charge in [-0.25, -0.2) is 19.3 Å². The van der Waals surface area contributed by atoms with E-state index in [-0.39, 0.29) is 26.7 Å². The molecular formula is C24H18ClFN4O3S3. The lowest BCUT2D eigenvalue weighted by Gasteiger charge is -2.10. The zero-order valence-corrected chi connectivity index (χ0v) is 21.8. The van der Waals surface area contributed by atoms with Crippen LogP contribution in [-0.4, -0.2) is 31.9 Å². The quantitative estimate of drug-likeness (QED) is 0.229. The first kappa shape index (κ1) is 26.1. The van der Waals surface area contributed by atoms with E-state index in [1.807, 2.05) is 12.1 Å². The highest BCUT2D eigenvalue weighted by molar-refractivity contribution is 7.99. The van der Waals surface area contributed by atoms with E-state index in [1.54, 1.807) is 43.5 Å². The predicted octanol–water partition coefficient (Wildman–Crippen LogP) is 6.86. The molecule has 1 aromatic carbocycles. The fourth-order valence-electron chi connectivity index (χ4n) is 3.10. The summed E-state index contributed by atoms with van der Waals surface area (Å²) in [4.78, 5) is 39.2. The number of pyridine rings is 2. The van der Waals surface area contributed by atoms with Crippen molar-refractivity contribution < 1.29 is 19.1 Å². The average Bonchev–Trinajstić information content (AvgIpc) is 3.21. The Morgan fingerprint density at radius 2 is 1.86 bits per heavy atom. The van der Waals surface area contributed by atoms with Crippen LogP contribution in [-0.2, 0) is 4.79 Å². The molecule has 0 fully saturated rings. The number of amides is 1. The summed E-state index contributed by atoms with van der Waals surface area (Å²) < 4.78 is 13.6. The molecular weight excluding hydrogens is 543 g/mol. The number of carbonyl (C=O) groups excluding carboxylic acids is 1. The van der Waals surface area contributed by atoms with Crippen molar-refractivity contribution in [3.05, 3.63) is 82.3 Å². The van der Waals surface area contributed by atoms with Crippen molar-refractivity contribution in [3.8, 4) is 0 Å². The van der Waals surface area contributed by atoms with E-state index in [0.29, 0.717) is 21.4 Å². The van der Waals surface area contributed by atoms with Crippen LogP contribution in [0.5, 0.6) is 0 Å². The normalized spacial score (nSPS) is 11.8. The Hall–Kier alpha value is -2.99. The maximum absolute atomic E-state index is 13.4. The number of benzene rings is 1. The number of nitrogens with zero attached hydrogens (tertiary/aromatic N) is 3. The van der Waals surface area contributed by atoms with E-state index in [9.17, 15) is 19.1 Å². The van der Waals surface area contributed by atoms with Crippen LogP contribution >= 0.6 is 46.5 Å². The zero-order chi connectivity index (χ0) is 25.7. The van der Waals surface area contributed by atoms with Gasteiger partial charge in [0.05, 0.1) is 5.69 Å². The molecule has 0 saturated carbocycles. The molecule has 0 aliphatic heterocycles. The number of carbonyl (C=O) groups is 2. The van der Waals surface area contributed by atoms with Gasteiger partial charge in [0.2, 0.25) is 0 Å². The standard InChI is InChI=1S/C24H18ClFN4O3S3/c1-2-15(23(32)33)19-21(25)36-24(29-19)30-22(31)20-16(34-14-8-6-13(26)7-9-14)10-11-18(28-20)35-17-5-3-4-12-27-17/h3-12,15H,2H2,1H3,(H,32,33)(H,29,30,31). The number of hydrogen-bond donors (Lipinski definition) is 2. The van der Waals surface area contributed by atoms with Crippen LogP contribution in [0.2, 0.25) is 4.34 Å². The lowest BCUT2D eigenvalue weighted by Crippen LogP contribution is -2.16. The van der Waals surface area contributed by atoms with Crippen molar-refractivity contribution in [3.63, 3.8) is 0 Å². The monoisotopic (exact) mass is 560 g/mol. The lowest BCUT2D eigenvalue weighted by molar-refractivity contribution is -0.138. The number of nitrogens with one attached hydrogen (secondary N) is 1. The minimum Gasteiger partial charge on any atom is -0.481 e. The fraction of sp³-hybridized carbons (Fsp3) is 0.125.